The molecular formula is C10H18B2. The summed E-state index contributed by atoms with van der Waals surface area (Å²) >= 11 is 0. The molecule has 1 aliphatic rings. The van der Waals surface area contributed by atoms with Crippen molar-refractivity contribution in [2.24, 2.45) is 17.8 Å². The quantitative estimate of drug-likeness (QED) is 0.556. The van der Waals surface area contributed by atoms with E-state index in [0.29, 0.717) is 5.92 Å². The maximum absolute atomic E-state index is 5.82. The van der Waals surface area contributed by atoms with Crippen LogP contribution in [0.25, 0.3) is 0 Å². The lowest BCUT2D eigenvalue weighted by Gasteiger charge is -2.38. The standard InChI is InChI=1S/C10H18B2/c1-7-4-9(5-7)6-8(2)10(3,11)12/h7-9H,4-6H2,1-3H3. The van der Waals surface area contributed by atoms with E-state index in [0.717, 1.165) is 11.8 Å². The molecule has 0 amide bonds. The van der Waals surface area contributed by atoms with Gasteiger partial charge < -0.3 is 0 Å². The van der Waals surface area contributed by atoms with Gasteiger partial charge in [-0.1, -0.05) is 31.9 Å². The Hall–Kier alpha value is 0.130. The third-order valence-electron chi connectivity index (χ3n) is 3.22. The molecular weight excluding hydrogens is 142 g/mol. The SMILES string of the molecule is [B]C([B])(C)C(C)CC1CC(C)C1. The number of hydrogen-bond donors (Lipinski definition) is 0. The lowest BCUT2D eigenvalue weighted by atomic mass is 9.48. The lowest BCUT2D eigenvalue weighted by Crippen LogP contribution is -2.27. The Bertz CT molecular complexity index is 142. The van der Waals surface area contributed by atoms with Crippen molar-refractivity contribution in [3.63, 3.8) is 0 Å². The highest BCUT2D eigenvalue weighted by molar-refractivity contribution is 6.39. The van der Waals surface area contributed by atoms with Gasteiger partial charge in [-0.25, -0.2) is 0 Å². The van der Waals surface area contributed by atoms with Gasteiger partial charge >= 0.3 is 0 Å². The molecule has 0 aromatic rings. The van der Waals surface area contributed by atoms with Gasteiger partial charge in [-0.15, -0.1) is 0 Å². The van der Waals surface area contributed by atoms with Gasteiger partial charge in [0.15, 0.2) is 0 Å². The van der Waals surface area contributed by atoms with Crippen molar-refractivity contribution in [2.45, 2.75) is 45.2 Å². The molecule has 1 saturated carbocycles. The molecule has 1 atom stereocenters. The molecule has 0 aliphatic heterocycles. The Labute approximate surface area is 79.3 Å². The molecule has 0 heterocycles. The summed E-state index contributed by atoms with van der Waals surface area (Å²) < 4.78 is 0. The van der Waals surface area contributed by atoms with Crippen LogP contribution in [0.1, 0.15) is 40.0 Å². The highest BCUT2D eigenvalue weighted by atomic mass is 14.3. The zero-order chi connectivity index (χ0) is 9.35. The normalized spacial score (nSPS) is 32.6. The number of rotatable bonds is 3. The maximum Gasteiger partial charge on any atom is 0.0620 e. The topological polar surface area (TPSA) is 0 Å². The summed E-state index contributed by atoms with van der Waals surface area (Å²) in [6, 6.07) is 0. The molecule has 4 radical (unpaired) electrons. The monoisotopic (exact) mass is 160 g/mol. The third kappa shape index (κ3) is 2.57. The smallest absolute Gasteiger partial charge is 0.0620 e. The van der Waals surface area contributed by atoms with E-state index >= 15 is 0 Å². The molecule has 2 heteroatoms. The van der Waals surface area contributed by atoms with Crippen LogP contribution in [-0.4, -0.2) is 15.7 Å². The second kappa shape index (κ2) is 3.47. The molecule has 0 N–H and O–H groups in total. The van der Waals surface area contributed by atoms with Crippen molar-refractivity contribution in [3.8, 4) is 0 Å². The predicted molar refractivity (Wildman–Crippen MR) is 55.5 cm³/mol. The predicted octanol–water partition coefficient (Wildman–Crippen LogP) is 2.53. The summed E-state index contributed by atoms with van der Waals surface area (Å²) in [7, 11) is 11.6. The first-order valence-electron chi connectivity index (χ1n) is 4.97. The molecule has 1 fully saturated rings. The van der Waals surface area contributed by atoms with Crippen molar-refractivity contribution in [3.05, 3.63) is 0 Å². The Morgan fingerprint density at radius 3 is 2.25 bits per heavy atom. The van der Waals surface area contributed by atoms with Crippen molar-refractivity contribution < 1.29 is 0 Å². The first-order chi connectivity index (χ1) is 5.39. The molecule has 1 unspecified atom stereocenters. The summed E-state index contributed by atoms with van der Waals surface area (Å²) in [5.41, 5.74) is 0. The van der Waals surface area contributed by atoms with E-state index in [2.05, 4.69) is 13.8 Å². The Morgan fingerprint density at radius 1 is 1.42 bits per heavy atom. The highest BCUT2D eigenvalue weighted by Gasteiger charge is 2.29. The van der Waals surface area contributed by atoms with E-state index in [9.17, 15) is 0 Å². The zero-order valence-corrected chi connectivity index (χ0v) is 8.51. The Kier molecular flexibility index (Phi) is 2.96. The number of hydrogen-bond acceptors (Lipinski definition) is 0. The van der Waals surface area contributed by atoms with Crippen LogP contribution in [0.5, 0.6) is 0 Å². The van der Waals surface area contributed by atoms with Crippen LogP contribution in [0.3, 0.4) is 0 Å². The molecule has 1 rings (SSSR count). The first-order valence-corrected chi connectivity index (χ1v) is 4.97. The van der Waals surface area contributed by atoms with Crippen molar-refractivity contribution in [2.75, 3.05) is 0 Å². The molecule has 12 heavy (non-hydrogen) atoms. The average Bonchev–Trinajstić information content (AvgIpc) is 1.82. The molecule has 0 aromatic heterocycles. The van der Waals surface area contributed by atoms with Crippen LogP contribution in [-0.2, 0) is 0 Å². The van der Waals surface area contributed by atoms with E-state index in [1.807, 2.05) is 6.92 Å². The van der Waals surface area contributed by atoms with E-state index in [-0.39, 0.29) is 0 Å². The molecule has 0 spiro atoms. The lowest BCUT2D eigenvalue weighted by molar-refractivity contribution is 0.172. The average molecular weight is 160 g/mol. The van der Waals surface area contributed by atoms with E-state index in [4.69, 9.17) is 15.7 Å². The molecule has 0 nitrogen and oxygen atoms in total. The summed E-state index contributed by atoms with van der Waals surface area (Å²) in [5, 5.41) is -0.487. The summed E-state index contributed by atoms with van der Waals surface area (Å²) in [5.74, 6) is 2.26. The summed E-state index contributed by atoms with van der Waals surface area (Å²) in [4.78, 5) is 0. The second-order valence-electron chi connectivity index (χ2n) is 4.95. The highest BCUT2D eigenvalue weighted by Crippen LogP contribution is 2.41. The second-order valence-corrected chi connectivity index (χ2v) is 4.95. The summed E-state index contributed by atoms with van der Waals surface area (Å²) in [6.45, 7) is 6.38. The van der Waals surface area contributed by atoms with Crippen LogP contribution in [0, 0.1) is 17.8 Å². The van der Waals surface area contributed by atoms with Gasteiger partial charge in [0.1, 0.15) is 0 Å². The van der Waals surface area contributed by atoms with Crippen LogP contribution < -0.4 is 0 Å². The fraction of sp³-hybridized carbons (Fsp3) is 1.00. The zero-order valence-electron chi connectivity index (χ0n) is 8.51. The van der Waals surface area contributed by atoms with Crippen molar-refractivity contribution in [1.82, 2.24) is 0 Å². The van der Waals surface area contributed by atoms with Gasteiger partial charge in [-0.3, -0.25) is 0 Å². The largest absolute Gasteiger partial charge is 0.0992 e. The van der Waals surface area contributed by atoms with Gasteiger partial charge in [0.25, 0.3) is 0 Å². The minimum absolute atomic E-state index is 0.440. The third-order valence-corrected chi connectivity index (χ3v) is 3.22. The molecule has 0 saturated heterocycles. The van der Waals surface area contributed by atoms with Crippen LogP contribution >= 0.6 is 0 Å². The van der Waals surface area contributed by atoms with Gasteiger partial charge in [0.05, 0.1) is 15.7 Å². The molecule has 1 aliphatic carbocycles. The maximum atomic E-state index is 5.82. The van der Waals surface area contributed by atoms with Gasteiger partial charge in [-0.05, 0) is 31.1 Å². The van der Waals surface area contributed by atoms with Gasteiger partial charge in [0.2, 0.25) is 0 Å². The summed E-state index contributed by atoms with van der Waals surface area (Å²) in [6.07, 6.45) is 3.95. The molecule has 0 aromatic carbocycles. The Balaban J connectivity index is 2.23. The molecule has 64 valence electrons. The van der Waals surface area contributed by atoms with E-state index < -0.39 is 5.21 Å². The van der Waals surface area contributed by atoms with Gasteiger partial charge in [0, 0.05) is 0 Å². The first kappa shape index (κ1) is 10.2. The van der Waals surface area contributed by atoms with Crippen LogP contribution in [0.2, 0.25) is 5.21 Å². The van der Waals surface area contributed by atoms with E-state index in [1.165, 1.54) is 19.3 Å². The van der Waals surface area contributed by atoms with Crippen molar-refractivity contribution >= 4 is 15.7 Å². The Morgan fingerprint density at radius 2 is 1.92 bits per heavy atom. The fourth-order valence-electron chi connectivity index (χ4n) is 2.02. The minimum Gasteiger partial charge on any atom is -0.0992 e. The molecule has 0 bridgehead atoms. The van der Waals surface area contributed by atoms with E-state index in [1.54, 1.807) is 0 Å². The van der Waals surface area contributed by atoms with Gasteiger partial charge in [-0.2, -0.15) is 0 Å². The van der Waals surface area contributed by atoms with Crippen LogP contribution in [0.15, 0.2) is 0 Å². The van der Waals surface area contributed by atoms with Crippen LogP contribution in [0.4, 0.5) is 0 Å². The fourth-order valence-corrected chi connectivity index (χ4v) is 2.02. The minimum atomic E-state index is -0.487. The van der Waals surface area contributed by atoms with Crippen molar-refractivity contribution in [1.29, 1.82) is 0 Å².